The van der Waals surface area contributed by atoms with E-state index in [4.69, 9.17) is 19.4 Å². The number of nitrogens with zero attached hydrogens (tertiary/aromatic N) is 7. The maximum Gasteiger partial charge on any atom is 0.231 e. The molecular weight excluding hydrogens is 442 g/mol. The Morgan fingerprint density at radius 1 is 0.886 bits per heavy atom. The molecule has 6 rings (SSSR count). The minimum absolute atomic E-state index is 0.300. The third kappa shape index (κ3) is 4.30. The maximum atomic E-state index is 5.54. The van der Waals surface area contributed by atoms with Crippen LogP contribution >= 0.6 is 0 Å². The van der Waals surface area contributed by atoms with Gasteiger partial charge in [-0.1, -0.05) is 36.4 Å². The second-order valence-corrected chi connectivity index (χ2v) is 8.99. The molecule has 2 aliphatic heterocycles. The zero-order valence-corrected chi connectivity index (χ0v) is 19.9. The average molecular weight is 470 g/mol. The van der Waals surface area contributed by atoms with Gasteiger partial charge in [0.05, 0.1) is 11.9 Å². The van der Waals surface area contributed by atoms with Gasteiger partial charge in [-0.2, -0.15) is 9.97 Å². The molecule has 0 spiro atoms. The summed E-state index contributed by atoms with van der Waals surface area (Å²) in [4.78, 5) is 25.8. The van der Waals surface area contributed by atoms with E-state index in [0.717, 1.165) is 66.8 Å². The summed E-state index contributed by atoms with van der Waals surface area (Å²) in [5.74, 6) is 3.13. The van der Waals surface area contributed by atoms with E-state index >= 15 is 0 Å². The molecule has 2 aromatic carbocycles. The van der Waals surface area contributed by atoms with Crippen molar-refractivity contribution in [3.05, 3.63) is 60.3 Å². The Morgan fingerprint density at radius 3 is 2.49 bits per heavy atom. The fraction of sp³-hybridized carbons (Fsp3) is 0.308. The highest BCUT2D eigenvalue weighted by Crippen LogP contribution is 2.33. The highest BCUT2D eigenvalue weighted by atomic mass is 16.7. The topological polar surface area (TPSA) is 79.7 Å². The molecule has 0 bridgehead atoms. The SMILES string of the molecule is CN(C)c1nc(N2CCN(Cc3ccc4c(c3)OCO4)CC2)c2nc(-c3ccccc3)cnc2n1. The number of ether oxygens (including phenoxy) is 2. The smallest absolute Gasteiger partial charge is 0.231 e. The fourth-order valence-electron chi connectivity index (χ4n) is 4.47. The number of piperazine rings is 1. The third-order valence-electron chi connectivity index (χ3n) is 6.36. The predicted molar refractivity (Wildman–Crippen MR) is 135 cm³/mol. The van der Waals surface area contributed by atoms with E-state index in [2.05, 4.69) is 31.9 Å². The van der Waals surface area contributed by atoms with Gasteiger partial charge in [-0.3, -0.25) is 4.90 Å². The number of rotatable bonds is 5. The Balaban J connectivity index is 1.26. The molecule has 1 saturated heterocycles. The fourth-order valence-corrected chi connectivity index (χ4v) is 4.47. The molecule has 2 aliphatic rings. The van der Waals surface area contributed by atoms with Crippen LogP contribution in [0, 0.1) is 0 Å². The van der Waals surface area contributed by atoms with Crippen LogP contribution in [-0.4, -0.2) is 71.9 Å². The van der Waals surface area contributed by atoms with Gasteiger partial charge in [0.2, 0.25) is 12.7 Å². The van der Waals surface area contributed by atoms with E-state index in [1.54, 1.807) is 6.20 Å². The zero-order valence-electron chi connectivity index (χ0n) is 19.9. The van der Waals surface area contributed by atoms with Gasteiger partial charge in [0.25, 0.3) is 0 Å². The molecule has 0 amide bonds. The minimum atomic E-state index is 0.300. The van der Waals surface area contributed by atoms with Crippen LogP contribution < -0.4 is 19.3 Å². The quantitative estimate of drug-likeness (QED) is 0.438. The van der Waals surface area contributed by atoms with Crippen molar-refractivity contribution in [1.82, 2.24) is 24.8 Å². The van der Waals surface area contributed by atoms with Crippen molar-refractivity contribution in [3.8, 4) is 22.8 Å². The first-order valence-corrected chi connectivity index (χ1v) is 11.8. The molecule has 0 aliphatic carbocycles. The lowest BCUT2D eigenvalue weighted by molar-refractivity contribution is 0.174. The summed E-state index contributed by atoms with van der Waals surface area (Å²) in [6.45, 7) is 4.71. The van der Waals surface area contributed by atoms with Gasteiger partial charge < -0.3 is 19.3 Å². The van der Waals surface area contributed by atoms with E-state index < -0.39 is 0 Å². The van der Waals surface area contributed by atoms with Crippen LogP contribution in [0.4, 0.5) is 11.8 Å². The van der Waals surface area contributed by atoms with Gasteiger partial charge >= 0.3 is 0 Å². The summed E-state index contributed by atoms with van der Waals surface area (Å²) in [5, 5.41) is 0. The predicted octanol–water partition coefficient (Wildman–Crippen LogP) is 3.20. The van der Waals surface area contributed by atoms with Crippen LogP contribution in [0.5, 0.6) is 11.5 Å². The summed E-state index contributed by atoms with van der Waals surface area (Å²) in [6, 6.07) is 16.3. The first kappa shape index (κ1) is 21.5. The summed E-state index contributed by atoms with van der Waals surface area (Å²) >= 11 is 0. The Morgan fingerprint density at radius 2 is 1.69 bits per heavy atom. The molecule has 4 heterocycles. The summed E-state index contributed by atoms with van der Waals surface area (Å²) in [5.41, 5.74) is 4.42. The van der Waals surface area contributed by atoms with Crippen molar-refractivity contribution in [2.24, 2.45) is 0 Å². The normalized spacial score (nSPS) is 15.5. The third-order valence-corrected chi connectivity index (χ3v) is 6.36. The Hall–Kier alpha value is -3.98. The van der Waals surface area contributed by atoms with Crippen LogP contribution in [0.1, 0.15) is 5.56 Å². The zero-order chi connectivity index (χ0) is 23.8. The molecule has 0 atom stereocenters. The molecule has 0 N–H and O–H groups in total. The Labute approximate surface area is 204 Å². The number of fused-ring (bicyclic) bond motifs is 2. The number of aromatic nitrogens is 4. The second-order valence-electron chi connectivity index (χ2n) is 8.99. The van der Waals surface area contributed by atoms with E-state index in [-0.39, 0.29) is 0 Å². The van der Waals surface area contributed by atoms with Gasteiger partial charge in [-0.25, -0.2) is 9.97 Å². The molecular formula is C26H27N7O2. The van der Waals surface area contributed by atoms with Crippen molar-refractivity contribution in [3.63, 3.8) is 0 Å². The van der Waals surface area contributed by atoms with Crippen LogP contribution in [-0.2, 0) is 6.54 Å². The van der Waals surface area contributed by atoms with Gasteiger partial charge in [0, 0.05) is 52.4 Å². The molecule has 9 heteroatoms. The molecule has 1 fully saturated rings. The minimum Gasteiger partial charge on any atom is -0.454 e. The standard InChI is InChI=1S/C26H27N7O2/c1-31(2)26-29-24-23(28-20(15-27-24)19-6-4-3-5-7-19)25(30-26)33-12-10-32(11-13-33)16-18-8-9-21-22(14-18)35-17-34-21/h3-9,14-15H,10-13,16-17H2,1-2H3. The van der Waals surface area contributed by atoms with E-state index in [1.165, 1.54) is 5.56 Å². The molecule has 9 nitrogen and oxygen atoms in total. The highest BCUT2D eigenvalue weighted by Gasteiger charge is 2.24. The monoisotopic (exact) mass is 469 g/mol. The number of anilines is 2. The molecule has 178 valence electrons. The lowest BCUT2D eigenvalue weighted by Crippen LogP contribution is -2.46. The molecule has 35 heavy (non-hydrogen) atoms. The number of hydrogen-bond donors (Lipinski definition) is 0. The van der Waals surface area contributed by atoms with E-state index in [1.807, 2.05) is 55.4 Å². The Kier molecular flexibility index (Phi) is 5.54. The van der Waals surface area contributed by atoms with Crippen LogP contribution in [0.3, 0.4) is 0 Å². The molecule has 0 saturated carbocycles. The van der Waals surface area contributed by atoms with Crippen LogP contribution in [0.15, 0.2) is 54.7 Å². The lowest BCUT2D eigenvalue weighted by atomic mass is 10.1. The van der Waals surface area contributed by atoms with Crippen molar-refractivity contribution >= 4 is 22.9 Å². The van der Waals surface area contributed by atoms with Crippen LogP contribution in [0.2, 0.25) is 0 Å². The summed E-state index contributed by atoms with van der Waals surface area (Å²) in [7, 11) is 3.89. The largest absolute Gasteiger partial charge is 0.454 e. The van der Waals surface area contributed by atoms with Gasteiger partial charge in [-0.05, 0) is 17.7 Å². The van der Waals surface area contributed by atoms with E-state index in [0.29, 0.717) is 18.4 Å². The first-order chi connectivity index (χ1) is 17.1. The molecule has 0 radical (unpaired) electrons. The molecule has 0 unspecified atom stereocenters. The van der Waals surface area contributed by atoms with Gasteiger partial charge in [0.1, 0.15) is 0 Å². The Bertz CT molecular complexity index is 1350. The second kappa shape index (κ2) is 8.99. The van der Waals surface area contributed by atoms with Crippen molar-refractivity contribution in [2.45, 2.75) is 6.54 Å². The summed E-state index contributed by atoms with van der Waals surface area (Å²) < 4.78 is 11.0. The van der Waals surface area contributed by atoms with Gasteiger partial charge in [-0.15, -0.1) is 0 Å². The lowest BCUT2D eigenvalue weighted by Gasteiger charge is -2.35. The van der Waals surface area contributed by atoms with Crippen molar-refractivity contribution < 1.29 is 9.47 Å². The van der Waals surface area contributed by atoms with Crippen molar-refractivity contribution in [1.29, 1.82) is 0 Å². The summed E-state index contributed by atoms with van der Waals surface area (Å²) in [6.07, 6.45) is 1.79. The van der Waals surface area contributed by atoms with Crippen molar-refractivity contribution in [2.75, 3.05) is 56.9 Å². The molecule has 2 aromatic heterocycles. The first-order valence-electron chi connectivity index (χ1n) is 11.8. The van der Waals surface area contributed by atoms with Gasteiger partial charge in [0.15, 0.2) is 28.5 Å². The average Bonchev–Trinajstić information content (AvgIpc) is 3.37. The van der Waals surface area contributed by atoms with E-state index in [9.17, 15) is 0 Å². The number of benzene rings is 2. The highest BCUT2D eigenvalue weighted by molar-refractivity contribution is 5.86. The number of hydrogen-bond acceptors (Lipinski definition) is 9. The maximum absolute atomic E-state index is 5.54. The molecule has 4 aromatic rings. The van der Waals surface area contributed by atoms with Crippen LogP contribution in [0.25, 0.3) is 22.4 Å².